The second kappa shape index (κ2) is 10.7. The van der Waals surface area contributed by atoms with Crippen LogP contribution in [0.3, 0.4) is 0 Å². The number of carbonyl (C=O) groups excluding carboxylic acids is 1. The van der Waals surface area contributed by atoms with Crippen molar-refractivity contribution in [2.24, 2.45) is 5.92 Å². The molecule has 1 atom stereocenters. The van der Waals surface area contributed by atoms with Gasteiger partial charge < -0.3 is 29.3 Å². The van der Waals surface area contributed by atoms with E-state index in [0.29, 0.717) is 44.7 Å². The Morgan fingerprint density at radius 3 is 2.97 bits per heavy atom. The van der Waals surface area contributed by atoms with Crippen LogP contribution in [0.4, 0.5) is 11.5 Å². The maximum Gasteiger partial charge on any atom is 0.239 e. The van der Waals surface area contributed by atoms with Gasteiger partial charge >= 0.3 is 0 Å². The van der Waals surface area contributed by atoms with Gasteiger partial charge in [-0.1, -0.05) is 18.2 Å². The van der Waals surface area contributed by atoms with E-state index in [1.807, 2.05) is 24.4 Å². The van der Waals surface area contributed by atoms with E-state index in [2.05, 4.69) is 26.2 Å². The Bertz CT molecular complexity index is 997. The standard InChI is InChI=1S/C25H33N5O4/c1-32-16-19-3-2-4-20(11-19)24-27-13-22-25(28-24)30-7-10-34-17-21(30)14-29(22)15-23(31)26-12-18-5-8-33-9-6-18/h2-4,11,13,18,21H,5-10,12,14-17H2,1H3,(H,26,31). The predicted octanol–water partition coefficient (Wildman–Crippen LogP) is 1.86. The van der Waals surface area contributed by atoms with Gasteiger partial charge in [-0.15, -0.1) is 0 Å². The Kier molecular flexibility index (Phi) is 7.22. The Balaban J connectivity index is 1.35. The van der Waals surface area contributed by atoms with Crippen molar-refractivity contribution in [3.05, 3.63) is 36.0 Å². The minimum atomic E-state index is 0.0268. The average molecular weight is 468 g/mol. The van der Waals surface area contributed by atoms with Gasteiger partial charge in [-0.05, 0) is 30.4 Å². The highest BCUT2D eigenvalue weighted by Gasteiger charge is 2.35. The lowest BCUT2D eigenvalue weighted by molar-refractivity contribution is -0.120. The van der Waals surface area contributed by atoms with Crippen molar-refractivity contribution in [1.82, 2.24) is 15.3 Å². The Morgan fingerprint density at radius 2 is 2.12 bits per heavy atom. The molecule has 0 radical (unpaired) electrons. The fraction of sp³-hybridized carbons (Fsp3) is 0.560. The number of nitrogens with zero attached hydrogens (tertiary/aromatic N) is 4. The first-order valence-electron chi connectivity index (χ1n) is 12.1. The number of rotatable bonds is 7. The topological polar surface area (TPSA) is 89.1 Å². The molecule has 0 spiro atoms. The van der Waals surface area contributed by atoms with Crippen molar-refractivity contribution in [2.45, 2.75) is 25.5 Å². The zero-order valence-electron chi connectivity index (χ0n) is 19.7. The number of fused-ring (bicyclic) bond motifs is 3. The Morgan fingerprint density at radius 1 is 1.24 bits per heavy atom. The molecule has 3 aliphatic rings. The van der Waals surface area contributed by atoms with Crippen LogP contribution < -0.4 is 15.1 Å². The number of benzene rings is 1. The van der Waals surface area contributed by atoms with Crippen LogP contribution in [-0.4, -0.2) is 81.6 Å². The van der Waals surface area contributed by atoms with Crippen molar-refractivity contribution in [3.63, 3.8) is 0 Å². The minimum absolute atomic E-state index is 0.0268. The molecule has 4 heterocycles. The largest absolute Gasteiger partial charge is 0.381 e. The van der Waals surface area contributed by atoms with Crippen LogP contribution in [0.5, 0.6) is 0 Å². The normalized spacial score (nSPS) is 20.6. The van der Waals surface area contributed by atoms with Gasteiger partial charge in [-0.25, -0.2) is 9.97 Å². The third-order valence-electron chi connectivity index (χ3n) is 6.78. The molecule has 1 N–H and O–H groups in total. The third kappa shape index (κ3) is 5.16. The van der Waals surface area contributed by atoms with Crippen LogP contribution in [0.25, 0.3) is 11.4 Å². The molecule has 9 heteroatoms. The molecule has 2 fully saturated rings. The van der Waals surface area contributed by atoms with E-state index < -0.39 is 0 Å². The lowest BCUT2D eigenvalue weighted by Crippen LogP contribution is -2.57. The zero-order chi connectivity index (χ0) is 23.3. The lowest BCUT2D eigenvalue weighted by atomic mass is 10.0. The molecule has 5 rings (SSSR count). The van der Waals surface area contributed by atoms with Crippen molar-refractivity contribution < 1.29 is 19.0 Å². The van der Waals surface area contributed by atoms with Crippen LogP contribution in [0.2, 0.25) is 0 Å². The zero-order valence-corrected chi connectivity index (χ0v) is 19.7. The molecular weight excluding hydrogens is 434 g/mol. The van der Waals surface area contributed by atoms with Crippen molar-refractivity contribution in [2.75, 3.05) is 69.5 Å². The Hall–Kier alpha value is -2.75. The summed E-state index contributed by atoms with van der Waals surface area (Å²) in [5, 5.41) is 3.12. The first-order chi connectivity index (χ1) is 16.7. The molecule has 0 aliphatic carbocycles. The van der Waals surface area contributed by atoms with Crippen LogP contribution in [-0.2, 0) is 25.6 Å². The molecule has 1 aromatic heterocycles. The monoisotopic (exact) mass is 467 g/mol. The minimum Gasteiger partial charge on any atom is -0.381 e. The van der Waals surface area contributed by atoms with Crippen LogP contribution >= 0.6 is 0 Å². The SMILES string of the molecule is COCc1cccc(-c2ncc3c(n2)N2CCOCC2CN3CC(=O)NCC2CCOCC2)c1. The summed E-state index contributed by atoms with van der Waals surface area (Å²) in [6.45, 7) is 5.89. The average Bonchev–Trinajstić information content (AvgIpc) is 2.88. The number of methoxy groups -OCH3 is 1. The summed E-state index contributed by atoms with van der Waals surface area (Å²) in [7, 11) is 1.69. The second-order valence-corrected chi connectivity index (χ2v) is 9.20. The van der Waals surface area contributed by atoms with E-state index in [9.17, 15) is 4.79 Å². The maximum atomic E-state index is 12.8. The van der Waals surface area contributed by atoms with Gasteiger partial charge in [0.05, 0.1) is 44.3 Å². The summed E-state index contributed by atoms with van der Waals surface area (Å²) in [5.41, 5.74) is 2.93. The van der Waals surface area contributed by atoms with E-state index in [-0.39, 0.29) is 18.5 Å². The Labute approximate surface area is 200 Å². The van der Waals surface area contributed by atoms with E-state index in [4.69, 9.17) is 19.2 Å². The number of ether oxygens (including phenoxy) is 3. The van der Waals surface area contributed by atoms with Crippen LogP contribution in [0, 0.1) is 5.92 Å². The smallest absolute Gasteiger partial charge is 0.239 e. The summed E-state index contributed by atoms with van der Waals surface area (Å²) in [5.74, 6) is 2.07. The summed E-state index contributed by atoms with van der Waals surface area (Å²) in [6, 6.07) is 8.27. The maximum absolute atomic E-state index is 12.8. The molecule has 34 heavy (non-hydrogen) atoms. The molecule has 2 saturated heterocycles. The summed E-state index contributed by atoms with van der Waals surface area (Å²) in [4.78, 5) is 26.9. The summed E-state index contributed by atoms with van der Waals surface area (Å²) in [6.07, 6.45) is 3.87. The van der Waals surface area contributed by atoms with Gasteiger partial charge in [0.1, 0.15) is 0 Å². The molecule has 3 aliphatic heterocycles. The number of amides is 1. The fourth-order valence-corrected chi connectivity index (χ4v) is 4.93. The summed E-state index contributed by atoms with van der Waals surface area (Å²) < 4.78 is 16.4. The van der Waals surface area contributed by atoms with Crippen molar-refractivity contribution in [1.29, 1.82) is 0 Å². The van der Waals surface area contributed by atoms with Gasteiger partial charge in [-0.3, -0.25) is 4.79 Å². The number of hydrogen-bond acceptors (Lipinski definition) is 8. The van der Waals surface area contributed by atoms with Gasteiger partial charge in [0, 0.05) is 45.5 Å². The van der Waals surface area contributed by atoms with Gasteiger partial charge in [0.2, 0.25) is 5.91 Å². The molecule has 1 aromatic carbocycles. The fourth-order valence-electron chi connectivity index (χ4n) is 4.93. The highest BCUT2D eigenvalue weighted by molar-refractivity contribution is 5.84. The predicted molar refractivity (Wildman–Crippen MR) is 129 cm³/mol. The second-order valence-electron chi connectivity index (χ2n) is 9.20. The number of carbonyl (C=O) groups is 1. The molecule has 9 nitrogen and oxygen atoms in total. The van der Waals surface area contributed by atoms with Crippen molar-refractivity contribution >= 4 is 17.4 Å². The number of hydrogen-bond donors (Lipinski definition) is 1. The molecule has 1 amide bonds. The third-order valence-corrected chi connectivity index (χ3v) is 6.78. The van der Waals surface area contributed by atoms with Crippen molar-refractivity contribution in [3.8, 4) is 11.4 Å². The first-order valence-corrected chi connectivity index (χ1v) is 12.1. The lowest BCUT2D eigenvalue weighted by Gasteiger charge is -2.45. The highest BCUT2D eigenvalue weighted by Crippen LogP contribution is 2.35. The molecule has 182 valence electrons. The van der Waals surface area contributed by atoms with Crippen LogP contribution in [0.15, 0.2) is 30.5 Å². The number of morpholine rings is 1. The highest BCUT2D eigenvalue weighted by atomic mass is 16.5. The van der Waals surface area contributed by atoms with Gasteiger partial charge in [0.15, 0.2) is 11.6 Å². The number of anilines is 2. The van der Waals surface area contributed by atoms with E-state index in [1.165, 1.54) is 0 Å². The number of aromatic nitrogens is 2. The quantitative estimate of drug-likeness (QED) is 0.660. The van der Waals surface area contributed by atoms with Crippen LogP contribution in [0.1, 0.15) is 18.4 Å². The van der Waals surface area contributed by atoms with Gasteiger partial charge in [-0.2, -0.15) is 0 Å². The molecule has 0 saturated carbocycles. The molecular formula is C25H33N5O4. The molecule has 1 unspecified atom stereocenters. The van der Waals surface area contributed by atoms with E-state index in [0.717, 1.165) is 55.2 Å². The molecule has 2 aromatic rings. The van der Waals surface area contributed by atoms with E-state index >= 15 is 0 Å². The number of nitrogens with one attached hydrogen (secondary N) is 1. The summed E-state index contributed by atoms with van der Waals surface area (Å²) >= 11 is 0. The van der Waals surface area contributed by atoms with E-state index in [1.54, 1.807) is 7.11 Å². The van der Waals surface area contributed by atoms with Gasteiger partial charge in [0.25, 0.3) is 0 Å². The first kappa shape index (κ1) is 23.0. The molecule has 0 bridgehead atoms.